The van der Waals surface area contributed by atoms with Crippen LogP contribution in [0.25, 0.3) is 22.2 Å². The highest BCUT2D eigenvalue weighted by Gasteiger charge is 2.19. The lowest BCUT2D eigenvalue weighted by Crippen LogP contribution is -2.33. The first kappa shape index (κ1) is 20.5. The van der Waals surface area contributed by atoms with E-state index in [1.807, 2.05) is 89.5 Å². The minimum Gasteiger partial charge on any atom is -0.355 e. The van der Waals surface area contributed by atoms with Crippen molar-refractivity contribution in [1.82, 2.24) is 25.1 Å². The Labute approximate surface area is 181 Å². The molecule has 0 radical (unpaired) electrons. The second-order valence-electron chi connectivity index (χ2n) is 8.00. The molecule has 0 aliphatic rings. The van der Waals surface area contributed by atoms with Crippen LogP contribution in [0.4, 0.5) is 11.4 Å². The number of hydrogen-bond acceptors (Lipinski definition) is 5. The average Bonchev–Trinajstić information content (AvgIpc) is 3.19. The number of anilines is 2. The minimum atomic E-state index is 0.0256. The van der Waals surface area contributed by atoms with Crippen LogP contribution in [0.5, 0.6) is 0 Å². The fourth-order valence-corrected chi connectivity index (χ4v) is 3.67. The second kappa shape index (κ2) is 8.18. The van der Waals surface area contributed by atoms with Crippen LogP contribution >= 0.6 is 0 Å². The van der Waals surface area contributed by atoms with Gasteiger partial charge in [-0.15, -0.1) is 5.10 Å². The third kappa shape index (κ3) is 3.86. The van der Waals surface area contributed by atoms with Gasteiger partial charge < -0.3 is 10.2 Å². The minimum absolute atomic E-state index is 0.0256. The Hall–Kier alpha value is -3.74. The van der Waals surface area contributed by atoms with Gasteiger partial charge in [-0.2, -0.15) is 0 Å². The standard InChI is InChI=1S/C24H26N6O/c1-15(2)29(4)24(31)20-12-13-21(19-11-6-8-16(3)22(19)20)25-18-10-7-9-17(14-18)23-26-27-28-30(23)5/h6-15,25H,1-5H3. The number of aryl methyl sites for hydroxylation is 2. The van der Waals surface area contributed by atoms with E-state index in [0.717, 1.165) is 33.3 Å². The molecule has 0 aliphatic carbocycles. The van der Waals surface area contributed by atoms with Crippen LogP contribution < -0.4 is 5.32 Å². The summed E-state index contributed by atoms with van der Waals surface area (Å²) < 4.78 is 1.64. The molecule has 0 spiro atoms. The molecule has 0 saturated carbocycles. The van der Waals surface area contributed by atoms with Crippen LogP contribution in [-0.4, -0.2) is 44.1 Å². The van der Waals surface area contributed by atoms with E-state index in [9.17, 15) is 4.79 Å². The largest absolute Gasteiger partial charge is 0.355 e. The summed E-state index contributed by atoms with van der Waals surface area (Å²) in [5, 5.41) is 17.2. The summed E-state index contributed by atoms with van der Waals surface area (Å²) in [6, 6.07) is 18.1. The number of rotatable bonds is 5. The van der Waals surface area contributed by atoms with Gasteiger partial charge in [-0.3, -0.25) is 4.79 Å². The molecule has 31 heavy (non-hydrogen) atoms. The molecular formula is C24H26N6O. The SMILES string of the molecule is Cc1cccc2c(Nc3cccc(-c4nnnn4C)c3)ccc(C(=O)N(C)C(C)C)c12. The molecule has 1 heterocycles. The highest BCUT2D eigenvalue weighted by atomic mass is 16.2. The Morgan fingerprint density at radius 3 is 2.58 bits per heavy atom. The van der Waals surface area contributed by atoms with Gasteiger partial charge in [-0.25, -0.2) is 4.68 Å². The number of tetrazole rings is 1. The monoisotopic (exact) mass is 414 g/mol. The Morgan fingerprint density at radius 1 is 1.10 bits per heavy atom. The first-order valence-corrected chi connectivity index (χ1v) is 10.3. The van der Waals surface area contributed by atoms with Gasteiger partial charge in [0, 0.05) is 48.0 Å². The predicted molar refractivity (Wildman–Crippen MR) is 123 cm³/mol. The lowest BCUT2D eigenvalue weighted by Gasteiger charge is -2.23. The van der Waals surface area contributed by atoms with Crippen LogP contribution in [0.15, 0.2) is 54.6 Å². The summed E-state index contributed by atoms with van der Waals surface area (Å²) >= 11 is 0. The molecule has 0 atom stereocenters. The Bertz CT molecular complexity index is 1260. The Kier molecular flexibility index (Phi) is 5.42. The smallest absolute Gasteiger partial charge is 0.254 e. The summed E-state index contributed by atoms with van der Waals surface area (Å²) in [5.41, 5.74) is 4.56. The van der Waals surface area contributed by atoms with Crippen molar-refractivity contribution in [3.8, 4) is 11.4 Å². The van der Waals surface area contributed by atoms with Gasteiger partial charge in [0.15, 0.2) is 5.82 Å². The van der Waals surface area contributed by atoms with Crippen molar-refractivity contribution < 1.29 is 4.79 Å². The van der Waals surface area contributed by atoms with Crippen molar-refractivity contribution in [2.45, 2.75) is 26.8 Å². The molecule has 1 aromatic heterocycles. The maximum Gasteiger partial charge on any atom is 0.254 e. The number of carbonyl (C=O) groups excluding carboxylic acids is 1. The van der Waals surface area contributed by atoms with Gasteiger partial charge in [-0.1, -0.05) is 30.3 Å². The zero-order valence-electron chi connectivity index (χ0n) is 18.4. The predicted octanol–water partition coefficient (Wildman–Crippen LogP) is 4.56. The van der Waals surface area contributed by atoms with Crippen molar-refractivity contribution in [2.75, 3.05) is 12.4 Å². The van der Waals surface area contributed by atoms with E-state index in [-0.39, 0.29) is 11.9 Å². The fourth-order valence-electron chi connectivity index (χ4n) is 3.67. The summed E-state index contributed by atoms with van der Waals surface area (Å²) in [6.07, 6.45) is 0. The number of nitrogens with zero attached hydrogens (tertiary/aromatic N) is 5. The van der Waals surface area contributed by atoms with Crippen LogP contribution in [0.3, 0.4) is 0 Å². The quantitative estimate of drug-likeness (QED) is 0.518. The first-order valence-electron chi connectivity index (χ1n) is 10.3. The number of fused-ring (bicyclic) bond motifs is 1. The molecular weight excluding hydrogens is 388 g/mol. The van der Waals surface area contributed by atoms with Crippen LogP contribution in [0.1, 0.15) is 29.8 Å². The number of hydrogen-bond donors (Lipinski definition) is 1. The number of carbonyl (C=O) groups is 1. The Morgan fingerprint density at radius 2 is 1.87 bits per heavy atom. The average molecular weight is 415 g/mol. The van der Waals surface area contributed by atoms with Crippen molar-refractivity contribution in [3.05, 3.63) is 65.7 Å². The molecule has 4 rings (SSSR count). The van der Waals surface area contributed by atoms with Gasteiger partial charge in [-0.05, 0) is 66.4 Å². The van der Waals surface area contributed by atoms with E-state index >= 15 is 0 Å². The molecule has 1 amide bonds. The van der Waals surface area contributed by atoms with E-state index in [4.69, 9.17) is 0 Å². The summed E-state index contributed by atoms with van der Waals surface area (Å²) in [7, 11) is 3.66. The molecule has 1 N–H and O–H groups in total. The zero-order valence-corrected chi connectivity index (χ0v) is 18.4. The molecule has 0 saturated heterocycles. The Balaban J connectivity index is 1.77. The third-order valence-electron chi connectivity index (χ3n) is 5.59. The first-order chi connectivity index (χ1) is 14.9. The number of amides is 1. The van der Waals surface area contributed by atoms with E-state index in [1.54, 1.807) is 9.58 Å². The maximum absolute atomic E-state index is 13.1. The lowest BCUT2D eigenvalue weighted by atomic mass is 9.97. The third-order valence-corrected chi connectivity index (χ3v) is 5.59. The van der Waals surface area contributed by atoms with Crippen molar-refractivity contribution >= 4 is 28.1 Å². The summed E-state index contributed by atoms with van der Waals surface area (Å²) in [6.45, 7) is 6.07. The normalized spacial score (nSPS) is 11.2. The van der Waals surface area contributed by atoms with Gasteiger partial charge in [0.05, 0.1) is 0 Å². The van der Waals surface area contributed by atoms with Gasteiger partial charge >= 0.3 is 0 Å². The van der Waals surface area contributed by atoms with Crippen LogP contribution in [0, 0.1) is 6.92 Å². The lowest BCUT2D eigenvalue weighted by molar-refractivity contribution is 0.0757. The highest BCUT2D eigenvalue weighted by Crippen LogP contribution is 2.33. The molecule has 7 nitrogen and oxygen atoms in total. The second-order valence-corrected chi connectivity index (χ2v) is 8.00. The van der Waals surface area contributed by atoms with Gasteiger partial charge in [0.25, 0.3) is 5.91 Å². The summed E-state index contributed by atoms with van der Waals surface area (Å²) in [4.78, 5) is 14.9. The fraction of sp³-hybridized carbons (Fsp3) is 0.250. The van der Waals surface area contributed by atoms with Crippen molar-refractivity contribution in [3.63, 3.8) is 0 Å². The number of nitrogens with one attached hydrogen (secondary N) is 1. The molecule has 3 aromatic carbocycles. The molecule has 158 valence electrons. The van der Waals surface area contributed by atoms with E-state index in [1.165, 1.54) is 0 Å². The van der Waals surface area contributed by atoms with Crippen LogP contribution in [-0.2, 0) is 7.05 Å². The van der Waals surface area contributed by atoms with Crippen molar-refractivity contribution in [1.29, 1.82) is 0 Å². The highest BCUT2D eigenvalue weighted by molar-refractivity contribution is 6.11. The van der Waals surface area contributed by atoms with E-state index in [0.29, 0.717) is 11.4 Å². The molecule has 0 unspecified atom stereocenters. The zero-order chi connectivity index (χ0) is 22.1. The van der Waals surface area contributed by atoms with Gasteiger partial charge in [0.2, 0.25) is 0 Å². The molecule has 0 fully saturated rings. The number of benzene rings is 3. The molecule has 0 bridgehead atoms. The van der Waals surface area contributed by atoms with E-state index in [2.05, 4.69) is 20.8 Å². The van der Waals surface area contributed by atoms with Gasteiger partial charge in [0.1, 0.15) is 0 Å². The molecule has 7 heteroatoms. The van der Waals surface area contributed by atoms with Crippen molar-refractivity contribution in [2.24, 2.45) is 7.05 Å². The van der Waals surface area contributed by atoms with Crippen LogP contribution in [0.2, 0.25) is 0 Å². The summed E-state index contributed by atoms with van der Waals surface area (Å²) in [5.74, 6) is 0.722. The van der Waals surface area contributed by atoms with E-state index < -0.39 is 0 Å². The molecule has 4 aromatic rings. The molecule has 0 aliphatic heterocycles. The maximum atomic E-state index is 13.1. The number of aromatic nitrogens is 4. The topological polar surface area (TPSA) is 75.9 Å².